The highest BCUT2D eigenvalue weighted by Crippen LogP contribution is 2.37. The molecule has 0 heterocycles. The van der Waals surface area contributed by atoms with Gasteiger partial charge in [-0.1, -0.05) is 42.6 Å². The molecular formula is C22H33NO5S. The molecule has 7 heteroatoms. The third-order valence-electron chi connectivity index (χ3n) is 5.66. The minimum atomic E-state index is -0.760. The smallest absolute Gasteiger partial charge is 0.303 e. The van der Waals surface area contributed by atoms with Crippen LogP contribution in [0.1, 0.15) is 57.8 Å². The zero-order chi connectivity index (χ0) is 21.1. The van der Waals surface area contributed by atoms with Crippen LogP contribution in [0.15, 0.2) is 40.4 Å². The van der Waals surface area contributed by atoms with E-state index in [0.29, 0.717) is 37.1 Å². The number of oxime groups is 1. The first-order valence-corrected chi connectivity index (χ1v) is 11.5. The Morgan fingerprint density at radius 3 is 2.55 bits per heavy atom. The molecule has 6 nitrogen and oxygen atoms in total. The molecule has 1 fully saturated rings. The first-order valence-electron chi connectivity index (χ1n) is 10.5. The topological polar surface area (TPSA) is 110 Å². The van der Waals surface area contributed by atoms with Gasteiger partial charge in [-0.25, -0.2) is 0 Å². The van der Waals surface area contributed by atoms with Gasteiger partial charge in [0, 0.05) is 29.4 Å². The highest BCUT2D eigenvalue weighted by Gasteiger charge is 2.39. The van der Waals surface area contributed by atoms with Gasteiger partial charge in [0.1, 0.15) is 0 Å². The summed E-state index contributed by atoms with van der Waals surface area (Å²) >= 11 is 1.62. The molecule has 162 valence electrons. The lowest BCUT2D eigenvalue weighted by Crippen LogP contribution is -2.23. The molecule has 1 aliphatic carbocycles. The van der Waals surface area contributed by atoms with Crippen molar-refractivity contribution in [1.29, 1.82) is 0 Å². The Morgan fingerprint density at radius 2 is 1.86 bits per heavy atom. The van der Waals surface area contributed by atoms with E-state index in [1.54, 1.807) is 11.8 Å². The lowest BCUT2D eigenvalue weighted by molar-refractivity contribution is -0.137. The van der Waals surface area contributed by atoms with Crippen LogP contribution in [0.4, 0.5) is 0 Å². The number of aliphatic carboxylic acids is 1. The van der Waals surface area contributed by atoms with E-state index in [1.807, 2.05) is 30.3 Å². The Balaban J connectivity index is 1.76. The number of thioether (sulfide) groups is 1. The Morgan fingerprint density at radius 1 is 1.14 bits per heavy atom. The molecule has 0 radical (unpaired) electrons. The average molecular weight is 424 g/mol. The third kappa shape index (κ3) is 8.36. The summed E-state index contributed by atoms with van der Waals surface area (Å²) in [5.74, 6) is -0.122. The maximum Gasteiger partial charge on any atom is 0.303 e. The summed E-state index contributed by atoms with van der Waals surface area (Å²) < 4.78 is 0. The van der Waals surface area contributed by atoms with Gasteiger partial charge in [0.25, 0.3) is 0 Å². The van der Waals surface area contributed by atoms with E-state index in [1.165, 1.54) is 0 Å². The Labute approximate surface area is 177 Å². The number of rotatable bonds is 13. The van der Waals surface area contributed by atoms with Crippen LogP contribution in [0.25, 0.3) is 0 Å². The molecule has 1 aliphatic rings. The molecule has 0 aromatic heterocycles. The monoisotopic (exact) mass is 423 g/mol. The molecule has 0 spiro atoms. The fourth-order valence-electron chi connectivity index (χ4n) is 4.10. The second kappa shape index (κ2) is 12.9. The van der Waals surface area contributed by atoms with Crippen molar-refractivity contribution >= 4 is 23.4 Å². The lowest BCUT2D eigenvalue weighted by Gasteiger charge is -2.23. The Kier molecular flexibility index (Phi) is 10.5. The standard InChI is InChI=1S/C22H33NO5S/c24-16(15-29-17-8-4-3-5-9-17)12-13-18-19(21(25)14-20(18)23-28)10-6-1-2-7-11-22(26)27/h3-5,8-9,16,18-19,21,24-25,28H,1-2,6-7,10-15H2,(H,26,27)/b23-20-/t16?,18-,19-,21+/m1/s1. The summed E-state index contributed by atoms with van der Waals surface area (Å²) in [5, 5.41) is 42.2. The molecule has 1 saturated carbocycles. The van der Waals surface area contributed by atoms with E-state index in [4.69, 9.17) is 5.11 Å². The molecule has 1 unspecified atom stereocenters. The van der Waals surface area contributed by atoms with Crippen LogP contribution in [0, 0.1) is 11.8 Å². The first-order chi connectivity index (χ1) is 14.0. The van der Waals surface area contributed by atoms with Crippen molar-refractivity contribution in [1.82, 2.24) is 0 Å². The molecule has 1 aromatic rings. The number of hydrogen-bond donors (Lipinski definition) is 4. The SMILES string of the molecule is O=C(O)CCCCCC[C@H]1[C@@H](O)C/C(=N/O)[C@@H]1CCC(O)CSc1ccccc1. The van der Waals surface area contributed by atoms with Gasteiger partial charge in [0.15, 0.2) is 0 Å². The van der Waals surface area contributed by atoms with Crippen LogP contribution in [0.3, 0.4) is 0 Å². The number of benzene rings is 1. The van der Waals surface area contributed by atoms with Crippen LogP contribution < -0.4 is 0 Å². The number of aliphatic hydroxyl groups is 2. The van der Waals surface area contributed by atoms with Crippen molar-refractivity contribution in [2.75, 3.05) is 5.75 Å². The van der Waals surface area contributed by atoms with Crippen molar-refractivity contribution in [3.05, 3.63) is 30.3 Å². The summed E-state index contributed by atoms with van der Waals surface area (Å²) in [7, 11) is 0. The summed E-state index contributed by atoms with van der Waals surface area (Å²) in [6.45, 7) is 0. The number of unbranched alkanes of at least 4 members (excludes halogenated alkanes) is 3. The van der Waals surface area contributed by atoms with Crippen molar-refractivity contribution in [3.8, 4) is 0 Å². The molecule has 4 N–H and O–H groups in total. The maximum atomic E-state index is 10.6. The van der Waals surface area contributed by atoms with Gasteiger partial charge in [0.05, 0.1) is 17.9 Å². The summed E-state index contributed by atoms with van der Waals surface area (Å²) in [6.07, 6.45) is 5.16. The largest absolute Gasteiger partial charge is 0.481 e. The van der Waals surface area contributed by atoms with Gasteiger partial charge in [0.2, 0.25) is 0 Å². The van der Waals surface area contributed by atoms with Gasteiger partial charge in [-0.05, 0) is 43.7 Å². The second-order valence-electron chi connectivity index (χ2n) is 7.84. The van der Waals surface area contributed by atoms with E-state index in [2.05, 4.69) is 5.16 Å². The average Bonchev–Trinajstić information content (AvgIpc) is 3.02. The van der Waals surface area contributed by atoms with E-state index in [9.17, 15) is 20.2 Å². The Bertz CT molecular complexity index is 639. The highest BCUT2D eigenvalue weighted by molar-refractivity contribution is 7.99. The molecule has 2 rings (SSSR count). The van der Waals surface area contributed by atoms with Crippen molar-refractivity contribution < 1.29 is 25.3 Å². The zero-order valence-corrected chi connectivity index (χ0v) is 17.6. The van der Waals surface area contributed by atoms with Gasteiger partial charge >= 0.3 is 5.97 Å². The normalized spacial score (nSPS) is 24.1. The number of nitrogens with zero attached hydrogens (tertiary/aromatic N) is 1. The molecule has 0 saturated heterocycles. The molecule has 1 aromatic carbocycles. The van der Waals surface area contributed by atoms with Crippen LogP contribution >= 0.6 is 11.8 Å². The third-order valence-corrected chi connectivity index (χ3v) is 6.82. The van der Waals surface area contributed by atoms with Gasteiger partial charge in [-0.2, -0.15) is 0 Å². The van der Waals surface area contributed by atoms with Crippen LogP contribution in [-0.2, 0) is 4.79 Å². The number of carboxylic acids is 1. The van der Waals surface area contributed by atoms with Gasteiger partial charge in [-0.3, -0.25) is 4.79 Å². The molecule has 4 atom stereocenters. The van der Waals surface area contributed by atoms with Crippen molar-refractivity contribution in [2.24, 2.45) is 17.0 Å². The van der Waals surface area contributed by atoms with Crippen molar-refractivity contribution in [3.63, 3.8) is 0 Å². The minimum Gasteiger partial charge on any atom is -0.481 e. The molecule has 0 bridgehead atoms. The number of hydrogen-bond acceptors (Lipinski definition) is 6. The number of carbonyl (C=O) groups is 1. The second-order valence-corrected chi connectivity index (χ2v) is 8.93. The Hall–Kier alpha value is -1.57. The quantitative estimate of drug-likeness (QED) is 0.164. The predicted octanol–water partition coefficient (Wildman–Crippen LogP) is 4.17. The number of aliphatic hydroxyl groups excluding tert-OH is 2. The highest BCUT2D eigenvalue weighted by atomic mass is 32.2. The van der Waals surface area contributed by atoms with Crippen molar-refractivity contribution in [2.45, 2.75) is 74.9 Å². The molecule has 29 heavy (non-hydrogen) atoms. The maximum absolute atomic E-state index is 10.6. The number of carboxylic acid groups (broad SMARTS) is 1. The van der Waals surface area contributed by atoms with E-state index >= 15 is 0 Å². The summed E-state index contributed by atoms with van der Waals surface area (Å²) in [4.78, 5) is 11.7. The minimum absolute atomic E-state index is 0.00889. The summed E-state index contributed by atoms with van der Waals surface area (Å²) in [5.41, 5.74) is 0.635. The zero-order valence-electron chi connectivity index (χ0n) is 16.8. The van der Waals surface area contributed by atoms with Gasteiger partial charge in [-0.15, -0.1) is 11.8 Å². The molecular weight excluding hydrogens is 390 g/mol. The molecule has 0 amide bonds. The fraction of sp³-hybridized carbons (Fsp3) is 0.636. The van der Waals surface area contributed by atoms with E-state index in [0.717, 1.165) is 30.6 Å². The predicted molar refractivity (Wildman–Crippen MR) is 115 cm³/mol. The van der Waals surface area contributed by atoms with Crippen LogP contribution in [-0.4, -0.2) is 50.2 Å². The van der Waals surface area contributed by atoms with E-state index in [-0.39, 0.29) is 18.3 Å². The lowest BCUT2D eigenvalue weighted by atomic mass is 9.85. The fourth-order valence-corrected chi connectivity index (χ4v) is 5.00. The van der Waals surface area contributed by atoms with E-state index < -0.39 is 18.2 Å². The first kappa shape index (κ1) is 23.7. The van der Waals surface area contributed by atoms with Crippen LogP contribution in [0.5, 0.6) is 0 Å². The molecule has 0 aliphatic heterocycles. The van der Waals surface area contributed by atoms with Crippen LogP contribution in [0.2, 0.25) is 0 Å². The van der Waals surface area contributed by atoms with Gasteiger partial charge < -0.3 is 20.5 Å². The summed E-state index contributed by atoms with van der Waals surface area (Å²) in [6, 6.07) is 9.96.